The molecule has 2 aliphatic rings. The Hall–Kier alpha value is -1.37. The van der Waals surface area contributed by atoms with Crippen molar-refractivity contribution in [2.24, 2.45) is 17.6 Å². The second-order valence-corrected chi connectivity index (χ2v) is 6.61. The lowest BCUT2D eigenvalue weighted by Crippen LogP contribution is -2.30. The van der Waals surface area contributed by atoms with Gasteiger partial charge in [0.15, 0.2) is 0 Å². The summed E-state index contributed by atoms with van der Waals surface area (Å²) >= 11 is 0. The number of rotatable bonds is 6. The topological polar surface area (TPSA) is 73.6 Å². The van der Waals surface area contributed by atoms with Gasteiger partial charge in [-0.05, 0) is 50.3 Å². The minimum atomic E-state index is -0.406. The third-order valence-corrected chi connectivity index (χ3v) is 4.95. The van der Waals surface area contributed by atoms with Crippen molar-refractivity contribution in [1.82, 2.24) is 0 Å². The molecule has 0 radical (unpaired) electrons. The zero-order valence-electron chi connectivity index (χ0n) is 14.2. The van der Waals surface area contributed by atoms with Crippen LogP contribution in [-0.2, 0) is 9.53 Å². The van der Waals surface area contributed by atoms with Crippen molar-refractivity contribution in [2.45, 2.75) is 38.2 Å². The van der Waals surface area contributed by atoms with Crippen LogP contribution in [0.1, 0.15) is 32.1 Å². The summed E-state index contributed by atoms with van der Waals surface area (Å²) in [5, 5.41) is 2.83. The van der Waals surface area contributed by atoms with Gasteiger partial charge in [-0.15, -0.1) is 12.4 Å². The van der Waals surface area contributed by atoms with E-state index in [2.05, 4.69) is 5.32 Å². The fraction of sp³-hybridized carbons (Fsp3) is 0.611. The van der Waals surface area contributed by atoms with E-state index in [1.54, 1.807) is 6.07 Å². The van der Waals surface area contributed by atoms with E-state index in [1.807, 2.05) is 0 Å². The smallest absolute Gasteiger partial charge is 0.227 e. The van der Waals surface area contributed by atoms with Crippen LogP contribution >= 0.6 is 12.4 Å². The lowest BCUT2D eigenvalue weighted by Gasteiger charge is -2.19. The largest absolute Gasteiger partial charge is 0.489 e. The third kappa shape index (κ3) is 5.06. The molecule has 1 aromatic rings. The highest BCUT2D eigenvalue weighted by molar-refractivity contribution is 5.94. The molecule has 1 unspecified atom stereocenters. The van der Waals surface area contributed by atoms with E-state index in [0.29, 0.717) is 24.6 Å². The van der Waals surface area contributed by atoms with Crippen LogP contribution in [0.4, 0.5) is 10.1 Å². The number of nitrogens with one attached hydrogen (secondary N) is 1. The summed E-state index contributed by atoms with van der Waals surface area (Å²) in [6.07, 6.45) is 4.86. The van der Waals surface area contributed by atoms with Gasteiger partial charge in [-0.1, -0.05) is 6.42 Å². The van der Waals surface area contributed by atoms with Gasteiger partial charge in [0.2, 0.25) is 5.91 Å². The first kappa shape index (κ1) is 19.9. The summed E-state index contributed by atoms with van der Waals surface area (Å²) in [5.41, 5.74) is 6.12. The molecule has 1 heterocycles. The van der Waals surface area contributed by atoms with E-state index in [-0.39, 0.29) is 36.3 Å². The molecule has 1 aliphatic carbocycles. The van der Waals surface area contributed by atoms with Crippen LogP contribution in [0.25, 0.3) is 0 Å². The predicted molar refractivity (Wildman–Crippen MR) is 96.6 cm³/mol. The zero-order valence-corrected chi connectivity index (χ0v) is 15.0. The Morgan fingerprint density at radius 1 is 1.32 bits per heavy atom. The summed E-state index contributed by atoms with van der Waals surface area (Å²) in [5.74, 6) is 0.0636. The number of carbonyl (C=O) groups is 1. The van der Waals surface area contributed by atoms with Crippen molar-refractivity contribution in [3.05, 3.63) is 24.0 Å². The van der Waals surface area contributed by atoms with Gasteiger partial charge in [0, 0.05) is 18.6 Å². The summed E-state index contributed by atoms with van der Waals surface area (Å²) in [6, 6.07) is 4.18. The van der Waals surface area contributed by atoms with E-state index in [1.165, 1.54) is 12.1 Å². The summed E-state index contributed by atoms with van der Waals surface area (Å²) in [4.78, 5) is 12.5. The Morgan fingerprint density at radius 3 is 2.88 bits per heavy atom. The second kappa shape index (κ2) is 9.36. The minimum absolute atomic E-state index is 0. The fourth-order valence-corrected chi connectivity index (χ4v) is 3.57. The predicted octanol–water partition coefficient (Wildman–Crippen LogP) is 3.12. The van der Waals surface area contributed by atoms with Crippen LogP contribution in [0.5, 0.6) is 5.75 Å². The molecule has 3 N–H and O–H groups in total. The van der Waals surface area contributed by atoms with Gasteiger partial charge in [-0.25, -0.2) is 4.39 Å². The number of anilines is 1. The van der Waals surface area contributed by atoms with Crippen LogP contribution in [-0.4, -0.2) is 31.8 Å². The highest BCUT2D eigenvalue weighted by atomic mass is 35.5. The van der Waals surface area contributed by atoms with E-state index >= 15 is 0 Å². The standard InChI is InChI=1S/C18H25FN2O3.ClH/c19-13-6-7-17(24-11-14-4-2-8-23-14)16(9-13)21-18(22)15-5-1-3-12(15)10-20;/h6-7,9,12,14-15H,1-5,8,10-11,20H2,(H,21,22);1H/t12-,14?,15-;/m1./s1. The number of hydrogen-bond donors (Lipinski definition) is 2. The van der Waals surface area contributed by atoms with Crippen LogP contribution in [0.3, 0.4) is 0 Å². The maximum Gasteiger partial charge on any atom is 0.227 e. The molecule has 3 atom stereocenters. The average molecular weight is 373 g/mol. The molecule has 1 aliphatic heterocycles. The lowest BCUT2D eigenvalue weighted by atomic mass is 9.95. The van der Waals surface area contributed by atoms with Crippen molar-refractivity contribution in [2.75, 3.05) is 25.1 Å². The van der Waals surface area contributed by atoms with Gasteiger partial charge in [0.1, 0.15) is 18.2 Å². The SMILES string of the molecule is Cl.NC[C@H]1CCC[C@H]1C(=O)Nc1cc(F)ccc1OCC1CCCO1. The molecular formula is C18H26ClFN2O3. The molecule has 0 spiro atoms. The zero-order chi connectivity index (χ0) is 16.9. The van der Waals surface area contributed by atoms with E-state index in [4.69, 9.17) is 15.2 Å². The highest BCUT2D eigenvalue weighted by Gasteiger charge is 2.32. The molecule has 0 bridgehead atoms. The Morgan fingerprint density at radius 2 is 2.16 bits per heavy atom. The number of carbonyl (C=O) groups excluding carboxylic acids is 1. The molecule has 1 aromatic carbocycles. The highest BCUT2D eigenvalue weighted by Crippen LogP contribution is 2.33. The monoisotopic (exact) mass is 372 g/mol. The van der Waals surface area contributed by atoms with Crippen LogP contribution < -0.4 is 15.8 Å². The molecule has 7 heteroatoms. The van der Waals surface area contributed by atoms with Crippen molar-refractivity contribution in [3.8, 4) is 5.75 Å². The van der Waals surface area contributed by atoms with Crippen LogP contribution in [0.15, 0.2) is 18.2 Å². The molecule has 1 amide bonds. The molecule has 5 nitrogen and oxygen atoms in total. The van der Waals surface area contributed by atoms with Crippen molar-refractivity contribution in [3.63, 3.8) is 0 Å². The molecule has 0 aromatic heterocycles. The van der Waals surface area contributed by atoms with Crippen molar-refractivity contribution in [1.29, 1.82) is 0 Å². The number of nitrogens with two attached hydrogens (primary N) is 1. The third-order valence-electron chi connectivity index (χ3n) is 4.95. The van der Waals surface area contributed by atoms with Crippen LogP contribution in [0.2, 0.25) is 0 Å². The maximum atomic E-state index is 13.6. The number of benzene rings is 1. The summed E-state index contributed by atoms with van der Waals surface area (Å²) in [6.45, 7) is 1.66. The van der Waals surface area contributed by atoms with E-state index in [9.17, 15) is 9.18 Å². The van der Waals surface area contributed by atoms with Gasteiger partial charge >= 0.3 is 0 Å². The Labute approximate surface area is 153 Å². The Kier molecular flexibility index (Phi) is 7.47. The van der Waals surface area contributed by atoms with Gasteiger partial charge in [-0.2, -0.15) is 0 Å². The minimum Gasteiger partial charge on any atom is -0.489 e. The first-order valence-corrected chi connectivity index (χ1v) is 8.72. The van der Waals surface area contributed by atoms with Crippen molar-refractivity contribution < 1.29 is 18.7 Å². The van der Waals surface area contributed by atoms with Gasteiger partial charge in [0.05, 0.1) is 11.8 Å². The normalized spacial score (nSPS) is 25.4. The fourth-order valence-electron chi connectivity index (χ4n) is 3.57. The summed E-state index contributed by atoms with van der Waals surface area (Å²) < 4.78 is 24.9. The average Bonchev–Trinajstić information content (AvgIpc) is 3.25. The van der Waals surface area contributed by atoms with E-state index in [0.717, 1.165) is 38.7 Å². The number of ether oxygens (including phenoxy) is 2. The quantitative estimate of drug-likeness (QED) is 0.804. The maximum absolute atomic E-state index is 13.6. The number of amides is 1. The molecule has 1 saturated carbocycles. The molecule has 140 valence electrons. The van der Waals surface area contributed by atoms with Crippen LogP contribution in [0, 0.1) is 17.7 Å². The van der Waals surface area contributed by atoms with Gasteiger partial charge in [0.25, 0.3) is 0 Å². The first-order valence-electron chi connectivity index (χ1n) is 8.72. The lowest BCUT2D eigenvalue weighted by molar-refractivity contribution is -0.120. The number of hydrogen-bond acceptors (Lipinski definition) is 4. The summed E-state index contributed by atoms with van der Waals surface area (Å²) in [7, 11) is 0. The molecule has 25 heavy (non-hydrogen) atoms. The molecule has 3 rings (SSSR count). The van der Waals surface area contributed by atoms with E-state index < -0.39 is 5.82 Å². The molecule has 2 fully saturated rings. The van der Waals surface area contributed by atoms with Crippen molar-refractivity contribution >= 4 is 24.0 Å². The van der Waals surface area contributed by atoms with Gasteiger partial charge < -0.3 is 20.5 Å². The second-order valence-electron chi connectivity index (χ2n) is 6.61. The molecular weight excluding hydrogens is 347 g/mol. The van der Waals surface area contributed by atoms with Gasteiger partial charge in [-0.3, -0.25) is 4.79 Å². The first-order chi connectivity index (χ1) is 11.7. The molecule has 1 saturated heterocycles. The Bertz CT molecular complexity index is 581. The number of halogens is 2. The Balaban J connectivity index is 0.00000225.